The Bertz CT molecular complexity index is 577. The maximum absolute atomic E-state index is 12.7. The topological polar surface area (TPSA) is 93.7 Å². The molecule has 0 aromatic rings. The van der Waals surface area contributed by atoms with Gasteiger partial charge in [-0.15, -0.1) is 11.8 Å². The smallest absolute Gasteiger partial charge is 0.329 e. The van der Waals surface area contributed by atoms with E-state index < -0.39 is 11.6 Å². The molecule has 2 rings (SSSR count). The second-order valence-corrected chi connectivity index (χ2v) is 9.90. The zero-order chi connectivity index (χ0) is 20.9. The summed E-state index contributed by atoms with van der Waals surface area (Å²) in [6.07, 6.45) is 4.86. The highest BCUT2D eigenvalue weighted by Gasteiger charge is 2.41. The number of thioether (sulfide) groups is 1. The van der Waals surface area contributed by atoms with Crippen LogP contribution < -0.4 is 10.6 Å². The van der Waals surface area contributed by atoms with E-state index in [0.29, 0.717) is 18.1 Å². The molecule has 2 fully saturated rings. The van der Waals surface area contributed by atoms with Crippen molar-refractivity contribution < 1.29 is 23.9 Å². The van der Waals surface area contributed by atoms with Crippen molar-refractivity contribution in [3.8, 4) is 0 Å². The van der Waals surface area contributed by atoms with Crippen molar-refractivity contribution in [2.45, 2.75) is 82.9 Å². The fourth-order valence-electron chi connectivity index (χ4n) is 4.08. The van der Waals surface area contributed by atoms with Crippen molar-refractivity contribution in [1.29, 1.82) is 0 Å². The molecule has 5 atom stereocenters. The van der Waals surface area contributed by atoms with Gasteiger partial charge in [0.2, 0.25) is 5.91 Å². The summed E-state index contributed by atoms with van der Waals surface area (Å²) in [6, 6.07) is -0.926. The van der Waals surface area contributed by atoms with Crippen LogP contribution in [0.15, 0.2) is 0 Å². The van der Waals surface area contributed by atoms with Crippen LogP contribution in [0, 0.1) is 11.8 Å². The summed E-state index contributed by atoms with van der Waals surface area (Å²) in [5.74, 6) is 0.467. The molecule has 0 aromatic heterocycles. The van der Waals surface area contributed by atoms with Crippen molar-refractivity contribution in [3.63, 3.8) is 0 Å². The Hall–Kier alpha value is -1.28. The Labute approximate surface area is 172 Å². The summed E-state index contributed by atoms with van der Waals surface area (Å²) in [5, 5.41) is 6.35. The number of amides is 1. The molecule has 1 unspecified atom stereocenters. The van der Waals surface area contributed by atoms with E-state index >= 15 is 0 Å². The quantitative estimate of drug-likeness (QED) is 0.644. The van der Waals surface area contributed by atoms with Gasteiger partial charge in [0.05, 0.1) is 12.5 Å². The molecule has 0 aromatic carbocycles. The maximum Gasteiger partial charge on any atom is 0.329 e. The lowest BCUT2D eigenvalue weighted by atomic mass is 9.75. The number of methoxy groups -OCH3 is 1. The van der Waals surface area contributed by atoms with E-state index in [1.807, 2.05) is 20.8 Å². The minimum absolute atomic E-state index is 0.158. The molecule has 1 amide bonds. The zero-order valence-corrected chi connectivity index (χ0v) is 18.4. The molecule has 0 radical (unpaired) electrons. The average Bonchev–Trinajstić information content (AvgIpc) is 3.09. The van der Waals surface area contributed by atoms with E-state index in [2.05, 4.69) is 10.6 Å². The van der Waals surface area contributed by atoms with Gasteiger partial charge in [0.15, 0.2) is 0 Å². The molecule has 7 nitrogen and oxygen atoms in total. The van der Waals surface area contributed by atoms with E-state index in [0.717, 1.165) is 25.7 Å². The Morgan fingerprint density at radius 3 is 2.50 bits per heavy atom. The molecule has 160 valence electrons. The second kappa shape index (κ2) is 9.96. The lowest BCUT2D eigenvalue weighted by molar-refractivity contribution is -0.159. The largest absolute Gasteiger partial charge is 0.468 e. The summed E-state index contributed by atoms with van der Waals surface area (Å²) >= 11 is 1.75. The van der Waals surface area contributed by atoms with Crippen LogP contribution in [-0.4, -0.2) is 53.8 Å². The summed E-state index contributed by atoms with van der Waals surface area (Å²) in [6.45, 7) is 6.90. The number of carbonyl (C=O) groups is 3. The van der Waals surface area contributed by atoms with Crippen molar-refractivity contribution in [3.05, 3.63) is 0 Å². The van der Waals surface area contributed by atoms with E-state index in [9.17, 15) is 14.4 Å². The molecule has 1 aliphatic carbocycles. The number of ether oxygens (including phenoxy) is 2. The van der Waals surface area contributed by atoms with Crippen LogP contribution in [0.1, 0.15) is 59.8 Å². The van der Waals surface area contributed by atoms with E-state index in [-0.39, 0.29) is 35.2 Å². The zero-order valence-electron chi connectivity index (χ0n) is 17.6. The third kappa shape index (κ3) is 6.65. The Morgan fingerprint density at radius 1 is 1.21 bits per heavy atom. The third-order valence-corrected chi connectivity index (χ3v) is 6.63. The molecular weight excluding hydrogens is 380 g/mol. The standard InChI is InChI=1S/C20H34N2O5S/c1-12(23)21-15(19(25)27-20(2,3)4)10-13-8-6-7-9-14(13)17-22-16(11-28-17)18(24)26-5/h13-17,22H,6-11H2,1-5H3,(H,21,23)/t13-,14-,15+,16+,17?/m1/s1. The molecule has 1 saturated carbocycles. The molecule has 2 N–H and O–H groups in total. The lowest BCUT2D eigenvalue weighted by Gasteiger charge is -2.37. The van der Waals surface area contributed by atoms with Crippen molar-refractivity contribution in [2.24, 2.45) is 11.8 Å². The van der Waals surface area contributed by atoms with E-state index in [1.54, 1.807) is 11.8 Å². The molecule has 0 spiro atoms. The van der Waals surface area contributed by atoms with Crippen LogP contribution in [0.4, 0.5) is 0 Å². The van der Waals surface area contributed by atoms with Crippen LogP contribution in [0.5, 0.6) is 0 Å². The molecule has 28 heavy (non-hydrogen) atoms. The third-order valence-electron chi connectivity index (χ3n) is 5.26. The predicted molar refractivity (Wildman–Crippen MR) is 109 cm³/mol. The molecule has 1 aliphatic heterocycles. The van der Waals surface area contributed by atoms with Crippen molar-refractivity contribution >= 4 is 29.6 Å². The van der Waals surface area contributed by atoms with Gasteiger partial charge in [0, 0.05) is 12.7 Å². The van der Waals surface area contributed by atoms with Gasteiger partial charge in [-0.05, 0) is 45.4 Å². The highest BCUT2D eigenvalue weighted by molar-refractivity contribution is 8.00. The van der Waals surface area contributed by atoms with Crippen LogP contribution >= 0.6 is 11.8 Å². The minimum atomic E-state index is -0.648. The fraction of sp³-hybridized carbons (Fsp3) is 0.850. The first-order valence-corrected chi connectivity index (χ1v) is 11.1. The van der Waals surface area contributed by atoms with Gasteiger partial charge in [-0.25, -0.2) is 4.79 Å². The number of carbonyl (C=O) groups excluding carboxylic acids is 3. The Kier molecular flexibility index (Phi) is 8.18. The van der Waals surface area contributed by atoms with Gasteiger partial charge in [0.25, 0.3) is 0 Å². The summed E-state index contributed by atoms with van der Waals surface area (Å²) < 4.78 is 10.4. The predicted octanol–water partition coefficient (Wildman–Crippen LogP) is 2.23. The summed E-state index contributed by atoms with van der Waals surface area (Å²) in [7, 11) is 1.41. The van der Waals surface area contributed by atoms with Gasteiger partial charge in [-0.1, -0.05) is 19.3 Å². The monoisotopic (exact) mass is 414 g/mol. The Balaban J connectivity index is 2.07. The average molecular weight is 415 g/mol. The number of nitrogens with one attached hydrogen (secondary N) is 2. The van der Waals surface area contributed by atoms with Crippen molar-refractivity contribution in [1.82, 2.24) is 10.6 Å². The van der Waals surface area contributed by atoms with E-state index in [4.69, 9.17) is 9.47 Å². The van der Waals surface area contributed by atoms with Gasteiger partial charge < -0.3 is 14.8 Å². The molecule has 0 bridgehead atoms. The van der Waals surface area contributed by atoms with E-state index in [1.165, 1.54) is 14.0 Å². The van der Waals surface area contributed by atoms with Crippen LogP contribution in [0.2, 0.25) is 0 Å². The molecule has 8 heteroatoms. The van der Waals surface area contributed by atoms with Gasteiger partial charge in [0.1, 0.15) is 17.7 Å². The maximum atomic E-state index is 12.7. The second-order valence-electron chi connectivity index (χ2n) is 8.73. The van der Waals surface area contributed by atoms with Gasteiger partial charge in [-0.2, -0.15) is 0 Å². The highest BCUT2D eigenvalue weighted by atomic mass is 32.2. The highest BCUT2D eigenvalue weighted by Crippen LogP contribution is 2.41. The first kappa shape index (κ1) is 23.0. The SMILES string of the molecule is COC(=O)[C@@H]1CSC([C@@H]2CCCC[C@@H]2C[C@H](NC(C)=O)C(=O)OC(C)(C)C)N1. The van der Waals surface area contributed by atoms with Gasteiger partial charge >= 0.3 is 11.9 Å². The molecule has 1 saturated heterocycles. The summed E-state index contributed by atoms with van der Waals surface area (Å²) in [5.41, 5.74) is -0.601. The van der Waals surface area contributed by atoms with Gasteiger partial charge in [-0.3, -0.25) is 14.9 Å². The molecular formula is C20H34N2O5S. The van der Waals surface area contributed by atoms with Crippen LogP contribution in [0.25, 0.3) is 0 Å². The first-order valence-electron chi connectivity index (χ1n) is 10.1. The number of esters is 2. The normalized spacial score (nSPS) is 29.0. The van der Waals surface area contributed by atoms with Crippen LogP contribution in [-0.2, 0) is 23.9 Å². The molecule has 1 heterocycles. The first-order chi connectivity index (χ1) is 13.1. The number of rotatable bonds is 6. The summed E-state index contributed by atoms with van der Waals surface area (Å²) in [4.78, 5) is 36.2. The molecule has 2 aliphatic rings. The lowest BCUT2D eigenvalue weighted by Crippen LogP contribution is -2.47. The number of hydrogen-bond donors (Lipinski definition) is 2. The van der Waals surface area contributed by atoms with Crippen molar-refractivity contribution in [2.75, 3.05) is 12.9 Å². The Morgan fingerprint density at radius 2 is 1.89 bits per heavy atom. The minimum Gasteiger partial charge on any atom is -0.468 e. The van der Waals surface area contributed by atoms with Crippen LogP contribution in [0.3, 0.4) is 0 Å². The fourth-order valence-corrected chi connectivity index (χ4v) is 5.58. The number of hydrogen-bond acceptors (Lipinski definition) is 7.